The maximum Gasteiger partial charge on any atom is 0.246 e. The van der Waals surface area contributed by atoms with Gasteiger partial charge in [-0.1, -0.05) is 12.1 Å². The highest BCUT2D eigenvalue weighted by Gasteiger charge is 2.27. The highest BCUT2D eigenvalue weighted by molar-refractivity contribution is 5.98. The summed E-state index contributed by atoms with van der Waals surface area (Å²) in [5.74, 6) is 0.756. The van der Waals surface area contributed by atoms with Gasteiger partial charge in [0.25, 0.3) is 0 Å². The summed E-state index contributed by atoms with van der Waals surface area (Å²) in [7, 11) is 3.58. The molecule has 0 aliphatic carbocycles. The Bertz CT molecular complexity index is 1010. The smallest absolute Gasteiger partial charge is 0.246 e. The van der Waals surface area contributed by atoms with Crippen LogP contribution in [0, 0.1) is 0 Å². The molecule has 9 heteroatoms. The van der Waals surface area contributed by atoms with E-state index in [0.717, 1.165) is 22.9 Å². The third-order valence-corrected chi connectivity index (χ3v) is 4.90. The van der Waals surface area contributed by atoms with Crippen LogP contribution in [0.2, 0.25) is 0 Å². The molecule has 0 spiro atoms. The zero-order chi connectivity index (χ0) is 20.2. The molecule has 0 unspecified atom stereocenters. The fourth-order valence-corrected chi connectivity index (χ4v) is 3.43. The number of nitrogens with zero attached hydrogens (tertiary/aromatic N) is 7. The van der Waals surface area contributed by atoms with Crippen LogP contribution in [-0.2, 0) is 18.4 Å². The van der Waals surface area contributed by atoms with Crippen LogP contribution in [0.25, 0.3) is 5.69 Å². The topological polar surface area (TPSA) is 83.6 Å². The lowest BCUT2D eigenvalue weighted by molar-refractivity contribution is -0.120. The zero-order valence-corrected chi connectivity index (χ0v) is 16.6. The Kier molecular flexibility index (Phi) is 5.28. The van der Waals surface area contributed by atoms with E-state index in [4.69, 9.17) is 0 Å². The summed E-state index contributed by atoms with van der Waals surface area (Å²) in [5.41, 5.74) is 3.01. The zero-order valence-electron chi connectivity index (χ0n) is 16.6. The molecule has 0 atom stereocenters. The number of rotatable bonds is 4. The highest BCUT2D eigenvalue weighted by Crippen LogP contribution is 2.16. The molecule has 1 aromatic carbocycles. The number of aromatic nitrogens is 4. The molecule has 4 rings (SSSR count). The molecule has 1 aliphatic rings. The predicted octanol–water partition coefficient (Wildman–Crippen LogP) is 1.03. The van der Waals surface area contributed by atoms with E-state index in [-0.39, 0.29) is 12.5 Å². The van der Waals surface area contributed by atoms with E-state index in [1.165, 1.54) is 0 Å². The van der Waals surface area contributed by atoms with Crippen LogP contribution in [0.3, 0.4) is 0 Å². The standard InChI is InChI=1S/C20H24N8O/c1-21-20(23-11-16-4-3-5-17(10-16)27-7-6-22-15-27)26-8-9-28(19(29)14-26)18-12-24-25(2)13-18/h3-7,10,12-13,15H,8-9,11,14H2,1-2H3,(H,21,23). The lowest BCUT2D eigenvalue weighted by Gasteiger charge is -2.35. The quantitative estimate of drug-likeness (QED) is 0.530. The molecule has 0 bridgehead atoms. The second kappa shape index (κ2) is 8.17. The van der Waals surface area contributed by atoms with Gasteiger partial charge in [0.2, 0.25) is 5.91 Å². The molecular weight excluding hydrogens is 368 g/mol. The third-order valence-electron chi connectivity index (χ3n) is 4.90. The average molecular weight is 392 g/mol. The van der Waals surface area contributed by atoms with E-state index in [9.17, 15) is 4.79 Å². The van der Waals surface area contributed by atoms with Gasteiger partial charge in [-0.2, -0.15) is 5.10 Å². The monoisotopic (exact) mass is 392 g/mol. The summed E-state index contributed by atoms with van der Waals surface area (Å²) in [6.45, 7) is 2.20. The van der Waals surface area contributed by atoms with Gasteiger partial charge in [0.15, 0.2) is 5.96 Å². The molecule has 3 aromatic rings. The number of carbonyl (C=O) groups is 1. The van der Waals surface area contributed by atoms with E-state index in [2.05, 4.69) is 32.5 Å². The van der Waals surface area contributed by atoms with E-state index >= 15 is 0 Å². The average Bonchev–Trinajstić information content (AvgIpc) is 3.41. The van der Waals surface area contributed by atoms with Crippen LogP contribution in [0.4, 0.5) is 5.69 Å². The van der Waals surface area contributed by atoms with Crippen molar-refractivity contribution in [3.8, 4) is 5.69 Å². The number of anilines is 1. The molecule has 1 saturated heterocycles. The fourth-order valence-electron chi connectivity index (χ4n) is 3.43. The minimum absolute atomic E-state index is 0.0364. The van der Waals surface area contributed by atoms with Gasteiger partial charge in [-0.3, -0.25) is 14.5 Å². The van der Waals surface area contributed by atoms with Crippen molar-refractivity contribution in [3.05, 3.63) is 60.9 Å². The Morgan fingerprint density at radius 1 is 1.28 bits per heavy atom. The Balaban J connectivity index is 1.38. The molecule has 0 saturated carbocycles. The molecule has 1 N–H and O–H groups in total. The number of nitrogens with one attached hydrogen (secondary N) is 1. The second-order valence-corrected chi connectivity index (χ2v) is 6.88. The Morgan fingerprint density at radius 3 is 2.86 bits per heavy atom. The summed E-state index contributed by atoms with van der Waals surface area (Å²) in [6, 6.07) is 8.22. The maximum atomic E-state index is 12.6. The minimum Gasteiger partial charge on any atom is -0.352 e. The van der Waals surface area contributed by atoms with Crippen LogP contribution in [0.15, 0.2) is 60.4 Å². The van der Waals surface area contributed by atoms with E-state index < -0.39 is 0 Å². The van der Waals surface area contributed by atoms with Crippen molar-refractivity contribution >= 4 is 17.6 Å². The Morgan fingerprint density at radius 2 is 2.17 bits per heavy atom. The van der Waals surface area contributed by atoms with Gasteiger partial charge in [0, 0.05) is 58.0 Å². The van der Waals surface area contributed by atoms with Crippen LogP contribution in [-0.4, -0.2) is 62.8 Å². The number of imidazole rings is 1. The molecule has 1 fully saturated rings. The van der Waals surface area contributed by atoms with Gasteiger partial charge in [0.1, 0.15) is 6.54 Å². The van der Waals surface area contributed by atoms with Gasteiger partial charge in [0.05, 0.1) is 18.2 Å². The maximum absolute atomic E-state index is 12.6. The number of aliphatic imine (C=N–C) groups is 1. The molecule has 150 valence electrons. The van der Waals surface area contributed by atoms with Crippen molar-refractivity contribution in [2.45, 2.75) is 6.54 Å². The van der Waals surface area contributed by atoms with Crippen molar-refractivity contribution in [2.75, 3.05) is 31.6 Å². The first-order chi connectivity index (χ1) is 14.1. The SMILES string of the molecule is CN=C(NCc1cccc(-n2ccnc2)c1)N1CCN(c2cnn(C)c2)C(=O)C1. The number of piperazine rings is 1. The Hall–Kier alpha value is -3.62. The van der Waals surface area contributed by atoms with Crippen molar-refractivity contribution in [2.24, 2.45) is 12.0 Å². The molecular formula is C20H24N8O. The van der Waals surface area contributed by atoms with E-state index in [1.54, 1.807) is 35.4 Å². The summed E-state index contributed by atoms with van der Waals surface area (Å²) >= 11 is 0. The summed E-state index contributed by atoms with van der Waals surface area (Å²) < 4.78 is 3.67. The van der Waals surface area contributed by atoms with E-state index in [0.29, 0.717) is 19.6 Å². The first-order valence-electron chi connectivity index (χ1n) is 9.46. The number of carbonyl (C=O) groups excluding carboxylic acids is 1. The van der Waals surface area contributed by atoms with Gasteiger partial charge in [-0.25, -0.2) is 4.98 Å². The Labute approximate surface area is 169 Å². The van der Waals surface area contributed by atoms with E-state index in [1.807, 2.05) is 41.0 Å². The molecule has 0 radical (unpaired) electrons. The van der Waals surface area contributed by atoms with Crippen LogP contribution >= 0.6 is 0 Å². The lowest BCUT2D eigenvalue weighted by atomic mass is 10.2. The lowest BCUT2D eigenvalue weighted by Crippen LogP contribution is -2.55. The largest absolute Gasteiger partial charge is 0.352 e. The van der Waals surface area contributed by atoms with Gasteiger partial charge in [-0.05, 0) is 17.7 Å². The normalized spacial score (nSPS) is 15.1. The number of aryl methyl sites for hydroxylation is 1. The molecule has 1 amide bonds. The summed E-state index contributed by atoms with van der Waals surface area (Å²) in [6.07, 6.45) is 9.02. The fraction of sp³-hybridized carbons (Fsp3) is 0.300. The van der Waals surface area contributed by atoms with Crippen LogP contribution in [0.5, 0.6) is 0 Å². The van der Waals surface area contributed by atoms with Crippen molar-refractivity contribution in [1.29, 1.82) is 0 Å². The van der Waals surface area contributed by atoms with Gasteiger partial charge >= 0.3 is 0 Å². The number of hydrogen-bond acceptors (Lipinski definition) is 4. The molecule has 3 heterocycles. The van der Waals surface area contributed by atoms with Crippen LogP contribution < -0.4 is 10.2 Å². The molecule has 2 aromatic heterocycles. The van der Waals surface area contributed by atoms with Gasteiger partial charge < -0.3 is 19.7 Å². The second-order valence-electron chi connectivity index (χ2n) is 6.88. The number of amides is 1. The van der Waals surface area contributed by atoms with Crippen molar-refractivity contribution in [3.63, 3.8) is 0 Å². The first-order valence-corrected chi connectivity index (χ1v) is 9.46. The summed E-state index contributed by atoms with van der Waals surface area (Å²) in [5, 5.41) is 7.52. The van der Waals surface area contributed by atoms with Crippen molar-refractivity contribution in [1.82, 2.24) is 29.5 Å². The number of benzene rings is 1. The minimum atomic E-state index is 0.0364. The number of hydrogen-bond donors (Lipinski definition) is 1. The number of guanidine groups is 1. The predicted molar refractivity (Wildman–Crippen MR) is 111 cm³/mol. The molecule has 29 heavy (non-hydrogen) atoms. The summed E-state index contributed by atoms with van der Waals surface area (Å²) in [4.78, 5) is 24.8. The van der Waals surface area contributed by atoms with Gasteiger partial charge in [-0.15, -0.1) is 0 Å². The molecule has 1 aliphatic heterocycles. The van der Waals surface area contributed by atoms with Crippen molar-refractivity contribution < 1.29 is 4.79 Å². The van der Waals surface area contributed by atoms with Crippen LogP contribution in [0.1, 0.15) is 5.56 Å². The molecule has 9 nitrogen and oxygen atoms in total. The highest BCUT2D eigenvalue weighted by atomic mass is 16.2. The third kappa shape index (κ3) is 4.13. The first kappa shape index (κ1) is 18.7.